The van der Waals surface area contributed by atoms with Gasteiger partial charge < -0.3 is 0 Å². The first-order valence-electron chi connectivity index (χ1n) is 5.34. The van der Waals surface area contributed by atoms with Gasteiger partial charge in [-0.3, -0.25) is 4.79 Å². The third-order valence-corrected chi connectivity index (χ3v) is 2.77. The quantitative estimate of drug-likeness (QED) is 0.348. The molecule has 1 aromatic carbocycles. The molecule has 0 amide bonds. The van der Waals surface area contributed by atoms with E-state index < -0.39 is 46.4 Å². The van der Waals surface area contributed by atoms with Gasteiger partial charge in [-0.05, 0) is 6.42 Å². The molecule has 1 unspecified atom stereocenters. The van der Waals surface area contributed by atoms with Crippen LogP contribution in [-0.4, -0.2) is 5.78 Å². The van der Waals surface area contributed by atoms with E-state index in [1.165, 1.54) is 12.2 Å². The molecule has 100 valence electrons. The van der Waals surface area contributed by atoms with Gasteiger partial charge in [0.25, 0.3) is 0 Å². The van der Waals surface area contributed by atoms with E-state index in [0.717, 1.165) is 0 Å². The highest BCUT2D eigenvalue weighted by Gasteiger charge is 2.32. The van der Waals surface area contributed by atoms with Crippen molar-refractivity contribution in [2.24, 2.45) is 5.92 Å². The minimum atomic E-state index is -2.27. The standard InChI is InChI=1S/C13H7F5O/c14-8-7(9(15)11(17)12(18)10(8)16)13(19)6-4-2-1-3-5-6/h1-4,6H,5H2. The average molecular weight is 274 g/mol. The molecule has 0 aromatic heterocycles. The maximum absolute atomic E-state index is 13.4. The van der Waals surface area contributed by atoms with Crippen molar-refractivity contribution >= 4 is 5.78 Å². The van der Waals surface area contributed by atoms with Gasteiger partial charge in [-0.15, -0.1) is 0 Å². The number of carbonyl (C=O) groups is 1. The van der Waals surface area contributed by atoms with E-state index in [-0.39, 0.29) is 6.42 Å². The molecule has 19 heavy (non-hydrogen) atoms. The number of Topliss-reactive ketones (excluding diaryl/α,β-unsaturated/α-hetero) is 1. The highest BCUT2D eigenvalue weighted by molar-refractivity contribution is 5.99. The van der Waals surface area contributed by atoms with E-state index in [0.29, 0.717) is 0 Å². The van der Waals surface area contributed by atoms with Gasteiger partial charge in [0, 0.05) is 5.92 Å². The molecule has 0 bridgehead atoms. The van der Waals surface area contributed by atoms with E-state index in [9.17, 15) is 26.7 Å². The first-order chi connectivity index (χ1) is 8.95. The van der Waals surface area contributed by atoms with Gasteiger partial charge in [-0.1, -0.05) is 24.3 Å². The number of benzene rings is 1. The lowest BCUT2D eigenvalue weighted by atomic mass is 9.91. The first-order valence-corrected chi connectivity index (χ1v) is 5.34. The van der Waals surface area contributed by atoms with Crippen LogP contribution in [0.5, 0.6) is 0 Å². The molecule has 0 N–H and O–H groups in total. The Morgan fingerprint density at radius 3 is 1.89 bits per heavy atom. The summed E-state index contributed by atoms with van der Waals surface area (Å²) in [4.78, 5) is 11.8. The van der Waals surface area contributed by atoms with E-state index >= 15 is 0 Å². The van der Waals surface area contributed by atoms with E-state index in [1.54, 1.807) is 12.2 Å². The Morgan fingerprint density at radius 2 is 1.42 bits per heavy atom. The SMILES string of the molecule is O=C(c1c(F)c(F)c(F)c(F)c1F)C1C=CC=CC1. The van der Waals surface area contributed by atoms with Crippen molar-refractivity contribution in [1.82, 2.24) is 0 Å². The molecule has 1 aliphatic rings. The molecule has 6 heteroatoms. The van der Waals surface area contributed by atoms with Crippen LogP contribution in [-0.2, 0) is 0 Å². The Kier molecular flexibility index (Phi) is 3.50. The highest BCUT2D eigenvalue weighted by Crippen LogP contribution is 2.27. The van der Waals surface area contributed by atoms with Crippen LogP contribution in [0.3, 0.4) is 0 Å². The summed E-state index contributed by atoms with van der Waals surface area (Å²) >= 11 is 0. The Bertz CT molecular complexity index is 575. The molecule has 0 aliphatic heterocycles. The summed E-state index contributed by atoms with van der Waals surface area (Å²) in [6.45, 7) is 0. The van der Waals surface area contributed by atoms with Crippen LogP contribution < -0.4 is 0 Å². The zero-order valence-electron chi connectivity index (χ0n) is 9.39. The van der Waals surface area contributed by atoms with Crippen LogP contribution in [0.2, 0.25) is 0 Å². The number of ketones is 1. The van der Waals surface area contributed by atoms with Crippen LogP contribution in [0, 0.1) is 35.0 Å². The fraction of sp³-hybridized carbons (Fsp3) is 0.154. The normalized spacial score (nSPS) is 17.8. The van der Waals surface area contributed by atoms with Crippen LogP contribution >= 0.6 is 0 Å². The number of halogens is 5. The Hall–Kier alpha value is -1.98. The summed E-state index contributed by atoms with van der Waals surface area (Å²) in [7, 11) is 0. The summed E-state index contributed by atoms with van der Waals surface area (Å²) in [5.41, 5.74) is -1.39. The summed E-state index contributed by atoms with van der Waals surface area (Å²) < 4.78 is 65.7. The van der Waals surface area contributed by atoms with Gasteiger partial charge in [0.05, 0.1) is 5.56 Å². The maximum atomic E-state index is 13.4. The fourth-order valence-electron chi connectivity index (χ4n) is 1.78. The van der Waals surface area contributed by atoms with Gasteiger partial charge >= 0.3 is 0 Å². The topological polar surface area (TPSA) is 17.1 Å². The smallest absolute Gasteiger partial charge is 0.200 e. The Labute approximate surface area is 105 Å². The third kappa shape index (κ3) is 2.18. The summed E-state index contributed by atoms with van der Waals surface area (Å²) in [6.07, 6.45) is 6.14. The van der Waals surface area contributed by atoms with Crippen molar-refractivity contribution in [3.8, 4) is 0 Å². The monoisotopic (exact) mass is 274 g/mol. The molecule has 1 atom stereocenters. The second-order valence-corrected chi connectivity index (χ2v) is 3.96. The second-order valence-electron chi connectivity index (χ2n) is 3.96. The zero-order valence-corrected chi connectivity index (χ0v) is 9.39. The zero-order chi connectivity index (χ0) is 14.2. The van der Waals surface area contributed by atoms with Crippen molar-refractivity contribution in [3.63, 3.8) is 0 Å². The van der Waals surface area contributed by atoms with Crippen LogP contribution in [0.25, 0.3) is 0 Å². The predicted molar refractivity (Wildman–Crippen MR) is 56.9 cm³/mol. The van der Waals surface area contributed by atoms with Crippen molar-refractivity contribution in [2.45, 2.75) is 6.42 Å². The number of carbonyl (C=O) groups excluding carboxylic acids is 1. The largest absolute Gasteiger partial charge is 0.293 e. The minimum Gasteiger partial charge on any atom is -0.293 e. The molecule has 0 fully saturated rings. The maximum Gasteiger partial charge on any atom is 0.200 e. The van der Waals surface area contributed by atoms with Crippen molar-refractivity contribution in [1.29, 1.82) is 0 Å². The number of hydrogen-bond acceptors (Lipinski definition) is 1. The molecule has 0 heterocycles. The molecule has 0 radical (unpaired) electrons. The average Bonchev–Trinajstić information content (AvgIpc) is 2.44. The molecular weight excluding hydrogens is 267 g/mol. The summed E-state index contributed by atoms with van der Waals surface area (Å²) in [6, 6.07) is 0. The molecular formula is C13H7F5O. The molecule has 0 spiro atoms. The van der Waals surface area contributed by atoms with Crippen molar-refractivity contribution in [3.05, 3.63) is 59.0 Å². The predicted octanol–water partition coefficient (Wildman–Crippen LogP) is 3.70. The van der Waals surface area contributed by atoms with E-state index in [2.05, 4.69) is 0 Å². The van der Waals surface area contributed by atoms with Crippen molar-refractivity contribution in [2.75, 3.05) is 0 Å². The number of allylic oxidation sites excluding steroid dienone is 4. The van der Waals surface area contributed by atoms with Gasteiger partial charge in [0.2, 0.25) is 5.82 Å². The molecule has 1 nitrogen and oxygen atoms in total. The highest BCUT2D eigenvalue weighted by atomic mass is 19.2. The third-order valence-electron chi connectivity index (χ3n) is 2.77. The lowest BCUT2D eigenvalue weighted by molar-refractivity contribution is 0.0933. The molecule has 0 saturated heterocycles. The number of rotatable bonds is 2. The van der Waals surface area contributed by atoms with Gasteiger partial charge in [0.1, 0.15) is 0 Å². The van der Waals surface area contributed by atoms with Crippen molar-refractivity contribution < 1.29 is 26.7 Å². The minimum absolute atomic E-state index is 0.148. The molecule has 1 aliphatic carbocycles. The Morgan fingerprint density at radius 1 is 0.895 bits per heavy atom. The molecule has 0 saturated carbocycles. The van der Waals surface area contributed by atoms with Gasteiger partial charge in [0.15, 0.2) is 29.1 Å². The first kappa shape index (κ1) is 13.5. The number of hydrogen-bond donors (Lipinski definition) is 0. The lowest BCUT2D eigenvalue weighted by Gasteiger charge is -2.13. The van der Waals surface area contributed by atoms with Crippen LogP contribution in [0.1, 0.15) is 16.8 Å². The Balaban J connectivity index is 2.54. The van der Waals surface area contributed by atoms with Crippen LogP contribution in [0.4, 0.5) is 22.0 Å². The van der Waals surface area contributed by atoms with Crippen LogP contribution in [0.15, 0.2) is 24.3 Å². The van der Waals surface area contributed by atoms with Gasteiger partial charge in [-0.25, -0.2) is 22.0 Å². The summed E-state index contributed by atoms with van der Waals surface area (Å²) in [5, 5.41) is 0. The molecule has 1 aromatic rings. The lowest BCUT2D eigenvalue weighted by Crippen LogP contribution is -2.19. The van der Waals surface area contributed by atoms with E-state index in [1.807, 2.05) is 0 Å². The van der Waals surface area contributed by atoms with Gasteiger partial charge in [-0.2, -0.15) is 0 Å². The second kappa shape index (κ2) is 4.95. The fourth-order valence-corrected chi connectivity index (χ4v) is 1.78. The summed E-state index contributed by atoms with van der Waals surface area (Å²) in [5.74, 6) is -12.7. The van der Waals surface area contributed by atoms with E-state index in [4.69, 9.17) is 0 Å². The molecule has 2 rings (SSSR count).